The van der Waals surface area contributed by atoms with E-state index in [-0.39, 0.29) is 0 Å². The number of fused-ring (bicyclic) bond motifs is 7. The molecular weight excluding hydrogens is 607 g/mol. The van der Waals surface area contributed by atoms with Crippen LogP contribution < -0.4 is 16.2 Å². The Morgan fingerprint density at radius 3 is 2.00 bits per heavy atom. The third-order valence-electron chi connectivity index (χ3n) is 9.44. The second-order valence-corrected chi connectivity index (χ2v) is 14.4. The van der Waals surface area contributed by atoms with Crippen molar-refractivity contribution in [2.45, 2.75) is 19.6 Å². The van der Waals surface area contributed by atoms with Crippen LogP contribution in [0.4, 0.5) is 11.4 Å². The molecule has 5 heteroatoms. The summed E-state index contributed by atoms with van der Waals surface area (Å²) in [6.45, 7) is 0. The molecule has 47 heavy (non-hydrogen) atoms. The summed E-state index contributed by atoms with van der Waals surface area (Å²) in [5, 5.41) is 6.47. The van der Waals surface area contributed by atoms with Crippen molar-refractivity contribution in [1.82, 2.24) is 4.57 Å². The lowest BCUT2D eigenvalue weighted by Gasteiger charge is -2.27. The van der Waals surface area contributed by atoms with Crippen LogP contribution in [0, 0.1) is 0 Å². The van der Waals surface area contributed by atoms with Crippen LogP contribution in [0.1, 0.15) is 0 Å². The lowest BCUT2D eigenvalue weighted by Crippen LogP contribution is -2.37. The summed E-state index contributed by atoms with van der Waals surface area (Å²) >= 11 is 3.74. The van der Waals surface area contributed by atoms with Gasteiger partial charge in [0.2, 0.25) is 0 Å². The fraction of sp³-hybridized carbons (Fsp3) is 0. The zero-order valence-electron chi connectivity index (χ0n) is 25.4. The summed E-state index contributed by atoms with van der Waals surface area (Å²) in [5.74, 6) is 0. The third-order valence-corrected chi connectivity index (χ3v) is 12.0. The highest BCUT2D eigenvalue weighted by molar-refractivity contribution is 8.05. The van der Waals surface area contributed by atoms with Gasteiger partial charge in [-0.15, -0.1) is 0 Å². The van der Waals surface area contributed by atoms with Gasteiger partial charge < -0.3 is 9.88 Å². The van der Waals surface area contributed by atoms with E-state index in [1.807, 2.05) is 23.5 Å². The molecule has 0 saturated carbocycles. The minimum Gasteiger partial charge on any atom is -0.355 e. The Hall–Kier alpha value is -5.10. The predicted molar refractivity (Wildman–Crippen MR) is 202 cm³/mol. The van der Waals surface area contributed by atoms with Gasteiger partial charge in [0.1, 0.15) is 0 Å². The first kappa shape index (κ1) is 27.1. The van der Waals surface area contributed by atoms with Gasteiger partial charge in [0.25, 0.3) is 0 Å². The summed E-state index contributed by atoms with van der Waals surface area (Å²) in [7, 11) is 0.875. The van der Waals surface area contributed by atoms with Crippen molar-refractivity contribution in [2.75, 3.05) is 5.32 Å². The van der Waals surface area contributed by atoms with E-state index in [0.29, 0.717) is 0 Å². The Labute approximate surface area is 282 Å². The third kappa shape index (κ3) is 4.38. The molecule has 0 atom stereocenters. The van der Waals surface area contributed by atoms with Gasteiger partial charge in [0.15, 0.2) is 7.28 Å². The van der Waals surface area contributed by atoms with Crippen molar-refractivity contribution >= 4 is 74.9 Å². The van der Waals surface area contributed by atoms with Gasteiger partial charge in [-0.05, 0) is 76.8 Å². The maximum absolute atomic E-state index is 3.85. The SMILES string of the molecule is B1c2c(-c3cc4c(cc3Nc3ccccc3)Sc3ccccc3S4)cc(-c3ccccc3)cc2-n2c3ccccc3c3cccc1c32. The number of nitrogens with zero attached hydrogens (tertiary/aromatic N) is 1. The monoisotopic (exact) mass is 634 g/mol. The molecule has 0 saturated heterocycles. The minimum atomic E-state index is 0.875. The largest absolute Gasteiger partial charge is 0.355 e. The molecule has 8 aromatic rings. The predicted octanol–water partition coefficient (Wildman–Crippen LogP) is 10.2. The van der Waals surface area contributed by atoms with Crippen LogP contribution in [-0.2, 0) is 0 Å². The average molecular weight is 635 g/mol. The molecule has 0 unspecified atom stereocenters. The van der Waals surface area contributed by atoms with Crippen LogP contribution in [0.3, 0.4) is 0 Å². The number of rotatable bonds is 4. The fourth-order valence-electron chi connectivity index (χ4n) is 7.33. The number of hydrogen-bond acceptors (Lipinski definition) is 3. The first-order valence-electron chi connectivity index (χ1n) is 16.0. The Morgan fingerprint density at radius 2 is 1.19 bits per heavy atom. The molecule has 220 valence electrons. The summed E-state index contributed by atoms with van der Waals surface area (Å²) in [5.41, 5.74) is 13.7. The zero-order valence-corrected chi connectivity index (χ0v) is 27.0. The number of nitrogens with one attached hydrogen (secondary N) is 1. The molecular formula is C42H27BN2S2. The topological polar surface area (TPSA) is 17.0 Å². The lowest BCUT2D eigenvalue weighted by atomic mass is 9.59. The fourth-order valence-corrected chi connectivity index (χ4v) is 9.61. The molecule has 7 aromatic carbocycles. The summed E-state index contributed by atoms with van der Waals surface area (Å²) in [4.78, 5) is 5.21. The van der Waals surface area contributed by atoms with Gasteiger partial charge in [-0.3, -0.25) is 0 Å². The van der Waals surface area contributed by atoms with Crippen LogP contribution in [0.5, 0.6) is 0 Å². The summed E-state index contributed by atoms with van der Waals surface area (Å²) in [6, 6.07) is 55.5. The molecule has 2 nitrogen and oxygen atoms in total. The van der Waals surface area contributed by atoms with E-state index in [4.69, 9.17) is 0 Å². The normalized spacial score (nSPS) is 12.7. The van der Waals surface area contributed by atoms with E-state index in [0.717, 1.165) is 18.7 Å². The van der Waals surface area contributed by atoms with E-state index in [2.05, 4.69) is 162 Å². The van der Waals surface area contributed by atoms with Crippen LogP contribution in [0.25, 0.3) is 49.7 Å². The van der Waals surface area contributed by atoms with Crippen molar-refractivity contribution in [3.8, 4) is 27.9 Å². The van der Waals surface area contributed by atoms with E-state index in [9.17, 15) is 0 Å². The second kappa shape index (κ2) is 10.7. The number of benzene rings is 7. The Balaban J connectivity index is 1.28. The maximum Gasteiger partial charge on any atom is 0.198 e. The van der Waals surface area contributed by atoms with Gasteiger partial charge in [-0.1, -0.05) is 126 Å². The van der Waals surface area contributed by atoms with Gasteiger partial charge in [-0.2, -0.15) is 0 Å². The number of anilines is 2. The van der Waals surface area contributed by atoms with Crippen molar-refractivity contribution in [1.29, 1.82) is 0 Å². The van der Waals surface area contributed by atoms with Crippen molar-refractivity contribution in [3.63, 3.8) is 0 Å². The minimum absolute atomic E-state index is 0.875. The summed E-state index contributed by atoms with van der Waals surface area (Å²) in [6.07, 6.45) is 0. The highest BCUT2D eigenvalue weighted by Gasteiger charge is 2.28. The van der Waals surface area contributed by atoms with Crippen molar-refractivity contribution in [3.05, 3.63) is 152 Å². The van der Waals surface area contributed by atoms with E-state index in [1.165, 1.54) is 80.3 Å². The molecule has 0 spiro atoms. The molecule has 0 bridgehead atoms. The van der Waals surface area contributed by atoms with Crippen LogP contribution in [-0.4, -0.2) is 11.8 Å². The molecule has 2 aliphatic rings. The van der Waals surface area contributed by atoms with Crippen molar-refractivity contribution < 1.29 is 0 Å². The molecule has 2 aliphatic heterocycles. The highest BCUT2D eigenvalue weighted by atomic mass is 32.2. The van der Waals surface area contributed by atoms with Crippen molar-refractivity contribution in [2.24, 2.45) is 0 Å². The van der Waals surface area contributed by atoms with Crippen LogP contribution in [0.2, 0.25) is 0 Å². The lowest BCUT2D eigenvalue weighted by molar-refractivity contribution is 1.16. The number of aromatic nitrogens is 1. The van der Waals surface area contributed by atoms with E-state index >= 15 is 0 Å². The quantitative estimate of drug-likeness (QED) is 0.194. The molecule has 0 amide bonds. The first-order chi connectivity index (χ1) is 23.3. The summed E-state index contributed by atoms with van der Waals surface area (Å²) < 4.78 is 2.53. The first-order valence-corrected chi connectivity index (χ1v) is 17.6. The smallest absolute Gasteiger partial charge is 0.198 e. The van der Waals surface area contributed by atoms with E-state index < -0.39 is 0 Å². The molecule has 0 fully saturated rings. The second-order valence-electron chi connectivity index (χ2n) is 12.2. The van der Waals surface area contributed by atoms with Gasteiger partial charge in [0.05, 0.1) is 5.52 Å². The van der Waals surface area contributed by atoms with Gasteiger partial charge in [0, 0.05) is 58.5 Å². The maximum atomic E-state index is 3.85. The molecule has 0 radical (unpaired) electrons. The molecule has 10 rings (SSSR count). The molecule has 1 aromatic heterocycles. The van der Waals surface area contributed by atoms with E-state index in [1.54, 1.807) is 0 Å². The molecule has 0 aliphatic carbocycles. The highest BCUT2D eigenvalue weighted by Crippen LogP contribution is 2.51. The Bertz CT molecular complexity index is 2520. The van der Waals surface area contributed by atoms with Gasteiger partial charge >= 0.3 is 0 Å². The van der Waals surface area contributed by atoms with Crippen LogP contribution in [0.15, 0.2) is 171 Å². The van der Waals surface area contributed by atoms with Gasteiger partial charge in [-0.25, -0.2) is 0 Å². The zero-order chi connectivity index (χ0) is 30.9. The molecule has 3 heterocycles. The standard InChI is InChI=1S/C42H27BN2S2/c1-3-12-26(13-4-1)27-22-32(41-36(23-27)45-35-19-8-7-16-29(35)30-17-11-18-33(43-41)42(30)45)31-24-39-40(47-38-21-10-9-20-37(38)46-39)25-34(31)44-28-14-5-2-6-15-28/h1-25,43-44H. The van der Waals surface area contributed by atoms with Crippen LogP contribution >= 0.6 is 23.5 Å². The average Bonchev–Trinajstić information content (AvgIpc) is 3.47. The molecule has 1 N–H and O–H groups in total. The number of hydrogen-bond donors (Lipinski definition) is 1. The number of para-hydroxylation sites is 3. The Morgan fingerprint density at radius 1 is 0.511 bits per heavy atom. The Kier molecular flexibility index (Phi) is 6.18.